The van der Waals surface area contributed by atoms with Crippen molar-refractivity contribution >= 4 is 23.0 Å². The lowest BCUT2D eigenvalue weighted by atomic mass is 10.2. The molecule has 0 atom stereocenters. The number of halogens is 3. The summed E-state index contributed by atoms with van der Waals surface area (Å²) in [5, 5.41) is 5.61. The van der Waals surface area contributed by atoms with Gasteiger partial charge in [-0.15, -0.1) is 0 Å². The minimum absolute atomic E-state index is 0.0619. The molecule has 7 heteroatoms. The second-order valence-electron chi connectivity index (χ2n) is 5.99. The zero-order valence-corrected chi connectivity index (χ0v) is 14.3. The van der Waals surface area contributed by atoms with Crippen molar-refractivity contribution in [2.45, 2.75) is 13.1 Å². The second-order valence-corrected chi connectivity index (χ2v) is 5.99. The SMILES string of the molecule is Cc1cccc(Nc2cncc(C(=O)Nc3cccc(C(F)(F)F)c3)c2)c1. The number of nitrogens with one attached hydrogen (secondary N) is 2. The number of aryl methyl sites for hydroxylation is 1. The highest BCUT2D eigenvalue weighted by Crippen LogP contribution is 2.30. The first-order chi connectivity index (χ1) is 12.8. The van der Waals surface area contributed by atoms with Gasteiger partial charge in [0.25, 0.3) is 5.91 Å². The molecule has 1 aromatic heterocycles. The van der Waals surface area contributed by atoms with Gasteiger partial charge in [0.1, 0.15) is 0 Å². The van der Waals surface area contributed by atoms with Gasteiger partial charge < -0.3 is 10.6 Å². The molecule has 0 radical (unpaired) electrons. The Kier molecular flexibility index (Phi) is 5.12. The molecular weight excluding hydrogens is 355 g/mol. The Morgan fingerprint density at radius 2 is 1.67 bits per heavy atom. The number of carbonyl (C=O) groups excluding carboxylic acids is 1. The van der Waals surface area contributed by atoms with Gasteiger partial charge >= 0.3 is 6.18 Å². The van der Waals surface area contributed by atoms with Crippen molar-refractivity contribution in [1.82, 2.24) is 4.98 Å². The molecule has 0 saturated heterocycles. The minimum Gasteiger partial charge on any atom is -0.354 e. The van der Waals surface area contributed by atoms with E-state index in [0.29, 0.717) is 5.69 Å². The summed E-state index contributed by atoms with van der Waals surface area (Å²) in [4.78, 5) is 16.4. The summed E-state index contributed by atoms with van der Waals surface area (Å²) in [5.74, 6) is -0.547. The summed E-state index contributed by atoms with van der Waals surface area (Å²) in [6, 6.07) is 13.7. The van der Waals surface area contributed by atoms with E-state index in [0.717, 1.165) is 23.4 Å². The van der Waals surface area contributed by atoms with Crippen molar-refractivity contribution in [3.8, 4) is 0 Å². The summed E-state index contributed by atoms with van der Waals surface area (Å²) in [6.45, 7) is 1.96. The Morgan fingerprint density at radius 1 is 0.926 bits per heavy atom. The lowest BCUT2D eigenvalue weighted by Crippen LogP contribution is -2.13. The first-order valence-electron chi connectivity index (χ1n) is 8.08. The van der Waals surface area contributed by atoms with Crippen LogP contribution in [0.5, 0.6) is 0 Å². The lowest BCUT2D eigenvalue weighted by Gasteiger charge is -2.11. The Bertz CT molecular complexity index is 970. The fourth-order valence-corrected chi connectivity index (χ4v) is 2.50. The standard InChI is InChI=1S/C20H16F3N3O/c1-13-4-2-6-16(8-13)25-18-9-14(11-24-12-18)19(27)26-17-7-3-5-15(10-17)20(21,22)23/h2-12,25H,1H3,(H,26,27). The molecule has 0 bridgehead atoms. The fourth-order valence-electron chi connectivity index (χ4n) is 2.50. The maximum atomic E-state index is 12.8. The van der Waals surface area contributed by atoms with Gasteiger partial charge in [-0.1, -0.05) is 18.2 Å². The zero-order valence-electron chi connectivity index (χ0n) is 14.3. The number of carbonyl (C=O) groups is 1. The van der Waals surface area contributed by atoms with Crippen molar-refractivity contribution in [3.63, 3.8) is 0 Å². The number of alkyl halides is 3. The molecule has 3 aromatic rings. The Hall–Kier alpha value is -3.35. The number of hydrogen-bond acceptors (Lipinski definition) is 3. The third-order valence-corrected chi connectivity index (χ3v) is 3.75. The number of hydrogen-bond donors (Lipinski definition) is 2. The molecule has 1 heterocycles. The molecule has 0 aliphatic heterocycles. The van der Waals surface area contributed by atoms with E-state index in [1.54, 1.807) is 12.3 Å². The topological polar surface area (TPSA) is 54.0 Å². The summed E-state index contributed by atoms with van der Waals surface area (Å²) < 4.78 is 38.4. The Balaban J connectivity index is 1.76. The molecule has 0 aliphatic rings. The van der Waals surface area contributed by atoms with Crippen LogP contribution in [0.2, 0.25) is 0 Å². The quantitative estimate of drug-likeness (QED) is 0.645. The van der Waals surface area contributed by atoms with Crippen molar-refractivity contribution in [2.75, 3.05) is 10.6 Å². The predicted octanol–water partition coefficient (Wildman–Crippen LogP) is 5.40. The number of nitrogens with zero attached hydrogens (tertiary/aromatic N) is 1. The largest absolute Gasteiger partial charge is 0.416 e. The highest BCUT2D eigenvalue weighted by molar-refractivity contribution is 6.04. The zero-order chi connectivity index (χ0) is 19.4. The number of rotatable bonds is 4. The maximum absolute atomic E-state index is 12.8. The molecular formula is C20H16F3N3O. The van der Waals surface area contributed by atoms with Gasteiger partial charge in [0.05, 0.1) is 23.0 Å². The van der Waals surface area contributed by atoms with Crippen LogP contribution in [0, 0.1) is 6.92 Å². The molecule has 0 unspecified atom stereocenters. The number of pyridine rings is 1. The molecule has 2 aromatic carbocycles. The van der Waals surface area contributed by atoms with Gasteiger partial charge in [-0.2, -0.15) is 13.2 Å². The average Bonchev–Trinajstić information content (AvgIpc) is 2.61. The van der Waals surface area contributed by atoms with Crippen LogP contribution < -0.4 is 10.6 Å². The first-order valence-corrected chi connectivity index (χ1v) is 8.08. The highest BCUT2D eigenvalue weighted by atomic mass is 19.4. The van der Waals surface area contributed by atoms with E-state index in [1.165, 1.54) is 18.3 Å². The summed E-state index contributed by atoms with van der Waals surface area (Å²) in [5.41, 5.74) is 1.97. The molecule has 3 rings (SSSR count). The van der Waals surface area contributed by atoms with Gasteiger partial charge in [0, 0.05) is 17.6 Å². The van der Waals surface area contributed by atoms with Gasteiger partial charge in [0.2, 0.25) is 0 Å². The average molecular weight is 371 g/mol. The Labute approximate surface area is 154 Å². The molecule has 0 saturated carbocycles. The van der Waals surface area contributed by atoms with Gasteiger partial charge in [-0.3, -0.25) is 9.78 Å². The highest BCUT2D eigenvalue weighted by Gasteiger charge is 2.30. The van der Waals surface area contributed by atoms with Crippen molar-refractivity contribution < 1.29 is 18.0 Å². The number of amides is 1. The van der Waals surface area contributed by atoms with Crippen molar-refractivity contribution in [1.29, 1.82) is 0 Å². The Morgan fingerprint density at radius 3 is 2.41 bits per heavy atom. The summed E-state index contributed by atoms with van der Waals surface area (Å²) in [6.07, 6.45) is -1.56. The fraction of sp³-hybridized carbons (Fsp3) is 0.100. The van der Waals surface area contributed by atoms with Crippen LogP contribution in [0.1, 0.15) is 21.5 Å². The number of anilines is 3. The summed E-state index contributed by atoms with van der Waals surface area (Å²) in [7, 11) is 0. The lowest BCUT2D eigenvalue weighted by molar-refractivity contribution is -0.137. The van der Waals surface area contributed by atoms with Crippen LogP contribution in [0.15, 0.2) is 67.0 Å². The van der Waals surface area contributed by atoms with E-state index in [2.05, 4.69) is 15.6 Å². The molecule has 2 N–H and O–H groups in total. The van der Waals surface area contributed by atoms with Gasteiger partial charge in [0.15, 0.2) is 0 Å². The van der Waals surface area contributed by atoms with E-state index in [4.69, 9.17) is 0 Å². The molecule has 138 valence electrons. The smallest absolute Gasteiger partial charge is 0.354 e. The van der Waals surface area contributed by atoms with E-state index < -0.39 is 17.6 Å². The number of benzene rings is 2. The monoisotopic (exact) mass is 371 g/mol. The maximum Gasteiger partial charge on any atom is 0.416 e. The first kappa shape index (κ1) is 18.4. The van der Waals surface area contributed by atoms with E-state index >= 15 is 0 Å². The predicted molar refractivity (Wildman–Crippen MR) is 98.1 cm³/mol. The van der Waals surface area contributed by atoms with Crippen molar-refractivity contribution in [3.05, 3.63) is 83.7 Å². The van der Waals surface area contributed by atoms with Crippen molar-refractivity contribution in [2.24, 2.45) is 0 Å². The molecule has 4 nitrogen and oxygen atoms in total. The number of aromatic nitrogens is 1. The van der Waals surface area contributed by atoms with E-state index in [9.17, 15) is 18.0 Å². The third kappa shape index (κ3) is 4.84. The summed E-state index contributed by atoms with van der Waals surface area (Å²) >= 11 is 0. The molecule has 0 spiro atoms. The van der Waals surface area contributed by atoms with Crippen LogP contribution in [0.25, 0.3) is 0 Å². The second kappa shape index (κ2) is 7.49. The van der Waals surface area contributed by atoms with Crippen LogP contribution in [-0.2, 0) is 6.18 Å². The molecule has 0 fully saturated rings. The molecule has 1 amide bonds. The van der Waals surface area contributed by atoms with Crippen LogP contribution in [-0.4, -0.2) is 10.9 Å². The third-order valence-electron chi connectivity index (χ3n) is 3.75. The van der Waals surface area contributed by atoms with Gasteiger partial charge in [-0.05, 0) is 48.9 Å². The molecule has 27 heavy (non-hydrogen) atoms. The van der Waals surface area contributed by atoms with Crippen LogP contribution >= 0.6 is 0 Å². The van der Waals surface area contributed by atoms with E-state index in [-0.39, 0.29) is 11.3 Å². The van der Waals surface area contributed by atoms with Crippen LogP contribution in [0.3, 0.4) is 0 Å². The van der Waals surface area contributed by atoms with Gasteiger partial charge in [-0.25, -0.2) is 0 Å². The normalized spacial score (nSPS) is 11.1. The molecule has 0 aliphatic carbocycles. The minimum atomic E-state index is -4.47. The van der Waals surface area contributed by atoms with Crippen LogP contribution in [0.4, 0.5) is 30.2 Å². The van der Waals surface area contributed by atoms with E-state index in [1.807, 2.05) is 31.2 Å².